The zero-order chi connectivity index (χ0) is 23.2. The number of hydrogen-bond donors (Lipinski definition) is 5. The van der Waals surface area contributed by atoms with Gasteiger partial charge >= 0.3 is 0 Å². The third-order valence-corrected chi connectivity index (χ3v) is 6.45. The standard InChI is InChI=1S/C21H21NO7.CH5N/c1-7-8-4-3-5-10(23)13(8)17(25)16-12(7)20(29-2)9-6-11(24)15(21(22)28)18(26)14(9)19(16)27;1-2/h3-5,7,9,12,14,20,23,25-26H,6H2,1-2H3,(H2,22,28);2H2,1H3/t7-,9+,12+,14?,20-;/m0./s1. The fourth-order valence-electron chi connectivity index (χ4n) is 5.24. The number of carbonyl (C=O) groups excluding carboxylic acids is 3. The molecule has 3 aliphatic rings. The van der Waals surface area contributed by atoms with Crippen LogP contribution in [0.15, 0.2) is 35.1 Å². The van der Waals surface area contributed by atoms with Crippen LogP contribution >= 0.6 is 0 Å². The fraction of sp³-hybridized carbons (Fsp3) is 0.409. The molecule has 0 aromatic heterocycles. The number of nitrogens with two attached hydrogens (primary N) is 2. The molecule has 0 heterocycles. The molecule has 0 spiro atoms. The van der Waals surface area contributed by atoms with Crippen LogP contribution < -0.4 is 11.5 Å². The van der Waals surface area contributed by atoms with Gasteiger partial charge in [0.1, 0.15) is 22.8 Å². The van der Waals surface area contributed by atoms with Gasteiger partial charge in [0.05, 0.1) is 17.6 Å². The second-order valence-electron chi connectivity index (χ2n) is 7.78. The Hall–Kier alpha value is -3.17. The number of ether oxygens (including phenoxy) is 1. The SMILES string of the molecule is CN.CO[C@@H]1[C@H]2C(=C(O)c3c(O)cccc3[C@@H]2C)C(=O)C2C(O)=C(C(N)=O)C(=O)C[C@H]21. The van der Waals surface area contributed by atoms with Crippen LogP contribution in [0, 0.1) is 17.8 Å². The number of fused-ring (bicyclic) bond motifs is 3. The molecule has 166 valence electrons. The van der Waals surface area contributed by atoms with Gasteiger partial charge in [-0.05, 0) is 24.6 Å². The van der Waals surface area contributed by atoms with Crippen molar-refractivity contribution in [2.45, 2.75) is 25.4 Å². The van der Waals surface area contributed by atoms with Crippen LogP contribution in [0.2, 0.25) is 0 Å². The highest BCUT2D eigenvalue weighted by Crippen LogP contribution is 2.54. The number of phenolic OH excluding ortho intramolecular Hbond substituents is 1. The Bertz CT molecular complexity index is 1030. The van der Waals surface area contributed by atoms with Crippen molar-refractivity contribution in [1.29, 1.82) is 0 Å². The maximum atomic E-state index is 13.4. The number of ketones is 2. The van der Waals surface area contributed by atoms with Gasteiger partial charge in [-0.25, -0.2) is 0 Å². The molecule has 9 heteroatoms. The molecule has 0 saturated heterocycles. The largest absolute Gasteiger partial charge is 0.511 e. The summed E-state index contributed by atoms with van der Waals surface area (Å²) in [5, 5.41) is 31.8. The number of hydrogen-bond acceptors (Lipinski definition) is 8. The predicted molar refractivity (Wildman–Crippen MR) is 111 cm³/mol. The van der Waals surface area contributed by atoms with Crippen molar-refractivity contribution in [3.05, 3.63) is 46.2 Å². The highest BCUT2D eigenvalue weighted by atomic mass is 16.5. The van der Waals surface area contributed by atoms with Crippen molar-refractivity contribution in [2.24, 2.45) is 29.2 Å². The summed E-state index contributed by atoms with van der Waals surface area (Å²) in [5.41, 5.74) is 9.99. The molecule has 1 fully saturated rings. The first-order chi connectivity index (χ1) is 14.7. The average Bonchev–Trinajstić information content (AvgIpc) is 2.72. The van der Waals surface area contributed by atoms with E-state index >= 15 is 0 Å². The summed E-state index contributed by atoms with van der Waals surface area (Å²) in [6.07, 6.45) is -0.859. The number of benzene rings is 1. The summed E-state index contributed by atoms with van der Waals surface area (Å²) in [6.45, 7) is 1.85. The molecule has 1 amide bonds. The summed E-state index contributed by atoms with van der Waals surface area (Å²) in [5.74, 6) is -6.39. The number of primary amides is 1. The molecule has 1 aromatic carbocycles. The number of carbonyl (C=O) groups is 3. The van der Waals surface area contributed by atoms with Crippen LogP contribution in [0.4, 0.5) is 0 Å². The number of aliphatic hydroxyl groups is 2. The Labute approximate surface area is 179 Å². The Morgan fingerprint density at radius 1 is 1.16 bits per heavy atom. The second kappa shape index (κ2) is 8.16. The molecular formula is C22H26N2O7. The first-order valence-electron chi connectivity index (χ1n) is 9.86. The Kier molecular flexibility index (Phi) is 5.93. The number of aliphatic hydroxyl groups excluding tert-OH is 2. The lowest BCUT2D eigenvalue weighted by Crippen LogP contribution is -2.53. The van der Waals surface area contributed by atoms with Crippen molar-refractivity contribution in [1.82, 2.24) is 0 Å². The van der Waals surface area contributed by atoms with E-state index in [1.165, 1.54) is 20.2 Å². The monoisotopic (exact) mass is 430 g/mol. The van der Waals surface area contributed by atoms with E-state index in [0.29, 0.717) is 5.56 Å². The number of Topliss-reactive ketones (excluding diaryl/α,β-unsaturated/α-hetero) is 2. The van der Waals surface area contributed by atoms with Crippen molar-refractivity contribution in [3.63, 3.8) is 0 Å². The van der Waals surface area contributed by atoms with Gasteiger partial charge < -0.3 is 31.5 Å². The summed E-state index contributed by atoms with van der Waals surface area (Å²) in [7, 11) is 2.94. The van der Waals surface area contributed by atoms with Crippen molar-refractivity contribution in [3.8, 4) is 5.75 Å². The van der Waals surface area contributed by atoms with Crippen molar-refractivity contribution in [2.75, 3.05) is 14.2 Å². The maximum absolute atomic E-state index is 13.4. The lowest BCUT2D eigenvalue weighted by molar-refractivity contribution is -0.135. The normalized spacial score (nSPS) is 29.5. The van der Waals surface area contributed by atoms with Crippen molar-refractivity contribution >= 4 is 23.2 Å². The van der Waals surface area contributed by atoms with E-state index in [1.807, 2.05) is 6.92 Å². The molecule has 1 aromatic rings. The molecule has 1 unspecified atom stereocenters. The van der Waals surface area contributed by atoms with Crippen LogP contribution in [0.3, 0.4) is 0 Å². The highest BCUT2D eigenvalue weighted by Gasteiger charge is 2.57. The fourth-order valence-corrected chi connectivity index (χ4v) is 5.24. The van der Waals surface area contributed by atoms with E-state index in [0.717, 1.165) is 0 Å². The summed E-state index contributed by atoms with van der Waals surface area (Å²) >= 11 is 0. The van der Waals surface area contributed by atoms with E-state index in [2.05, 4.69) is 5.73 Å². The molecule has 9 nitrogen and oxygen atoms in total. The van der Waals surface area contributed by atoms with Crippen LogP contribution in [-0.4, -0.2) is 53.1 Å². The molecular weight excluding hydrogens is 404 g/mol. The van der Waals surface area contributed by atoms with Crippen LogP contribution in [0.25, 0.3) is 5.76 Å². The summed E-state index contributed by atoms with van der Waals surface area (Å²) < 4.78 is 5.67. The molecule has 0 radical (unpaired) electrons. The van der Waals surface area contributed by atoms with Crippen LogP contribution in [0.5, 0.6) is 5.75 Å². The van der Waals surface area contributed by atoms with Gasteiger partial charge in [0.25, 0.3) is 5.91 Å². The highest BCUT2D eigenvalue weighted by molar-refractivity contribution is 6.21. The number of methoxy groups -OCH3 is 1. The lowest BCUT2D eigenvalue weighted by Gasteiger charge is -2.48. The topological polar surface area (TPSA) is 173 Å². The van der Waals surface area contributed by atoms with Gasteiger partial charge in [0.15, 0.2) is 11.6 Å². The summed E-state index contributed by atoms with van der Waals surface area (Å²) in [4.78, 5) is 37.5. The smallest absolute Gasteiger partial charge is 0.255 e. The Morgan fingerprint density at radius 2 is 1.81 bits per heavy atom. The van der Waals surface area contributed by atoms with Crippen LogP contribution in [-0.2, 0) is 19.1 Å². The van der Waals surface area contributed by atoms with Gasteiger partial charge in [-0.2, -0.15) is 0 Å². The molecule has 31 heavy (non-hydrogen) atoms. The third kappa shape index (κ3) is 3.12. The third-order valence-electron chi connectivity index (χ3n) is 6.45. The molecule has 0 aliphatic heterocycles. The number of rotatable bonds is 2. The van der Waals surface area contributed by atoms with E-state index in [9.17, 15) is 29.7 Å². The second-order valence-corrected chi connectivity index (χ2v) is 7.78. The summed E-state index contributed by atoms with van der Waals surface area (Å²) in [6, 6.07) is 4.81. The van der Waals surface area contributed by atoms with Crippen LogP contribution in [0.1, 0.15) is 30.4 Å². The molecule has 5 atom stereocenters. The zero-order valence-corrected chi connectivity index (χ0v) is 17.5. The minimum absolute atomic E-state index is 0.0179. The van der Waals surface area contributed by atoms with Gasteiger partial charge in [0.2, 0.25) is 0 Å². The lowest BCUT2D eigenvalue weighted by atomic mass is 9.57. The molecule has 3 aliphatic carbocycles. The zero-order valence-electron chi connectivity index (χ0n) is 17.5. The maximum Gasteiger partial charge on any atom is 0.255 e. The molecule has 4 rings (SSSR count). The average molecular weight is 430 g/mol. The minimum Gasteiger partial charge on any atom is -0.511 e. The quantitative estimate of drug-likeness (QED) is 0.433. The van der Waals surface area contributed by atoms with Crippen molar-refractivity contribution < 1.29 is 34.4 Å². The van der Waals surface area contributed by atoms with Gasteiger partial charge in [-0.1, -0.05) is 19.1 Å². The predicted octanol–water partition coefficient (Wildman–Crippen LogP) is 1.07. The molecule has 0 bridgehead atoms. The van der Waals surface area contributed by atoms with Gasteiger partial charge in [-0.3, -0.25) is 14.4 Å². The number of phenols is 1. The number of allylic oxidation sites excluding steroid dienone is 1. The molecule has 7 N–H and O–H groups in total. The first kappa shape index (κ1) is 22.5. The van der Waals surface area contributed by atoms with E-state index < -0.39 is 52.7 Å². The number of amides is 1. The van der Waals surface area contributed by atoms with E-state index in [-0.39, 0.29) is 35.0 Å². The van der Waals surface area contributed by atoms with E-state index in [4.69, 9.17) is 10.5 Å². The minimum atomic E-state index is -1.23. The van der Waals surface area contributed by atoms with E-state index in [1.54, 1.807) is 12.1 Å². The number of aromatic hydroxyl groups is 1. The van der Waals surface area contributed by atoms with Gasteiger partial charge in [-0.15, -0.1) is 0 Å². The first-order valence-corrected chi connectivity index (χ1v) is 9.86. The molecule has 1 saturated carbocycles. The Balaban J connectivity index is 0.00000132. The van der Waals surface area contributed by atoms with Gasteiger partial charge in [0, 0.05) is 30.9 Å². The Morgan fingerprint density at radius 3 is 2.39 bits per heavy atom.